The van der Waals surface area contributed by atoms with Crippen LogP contribution in [0.2, 0.25) is 0 Å². The number of piperidine rings is 1. The van der Waals surface area contributed by atoms with Crippen molar-refractivity contribution in [3.05, 3.63) is 16.0 Å². The highest BCUT2D eigenvalue weighted by Gasteiger charge is 2.34. The smallest absolute Gasteiger partial charge is 0.251 e. The van der Waals surface area contributed by atoms with Crippen LogP contribution in [0.25, 0.3) is 10.9 Å². The van der Waals surface area contributed by atoms with Crippen molar-refractivity contribution in [3.63, 3.8) is 0 Å². The van der Waals surface area contributed by atoms with Gasteiger partial charge in [0.05, 0.1) is 10.9 Å². The minimum atomic E-state index is -2.53. The Morgan fingerprint density at radius 1 is 1.33 bits per heavy atom. The summed E-state index contributed by atoms with van der Waals surface area (Å²) in [5, 5.41) is 7.99. The highest BCUT2D eigenvalue weighted by atomic mass is 127. The molecule has 96 valence electrons. The molecule has 1 aliphatic rings. The summed E-state index contributed by atoms with van der Waals surface area (Å²) < 4.78 is 27.1. The van der Waals surface area contributed by atoms with Gasteiger partial charge in [-0.3, -0.25) is 5.10 Å². The van der Waals surface area contributed by atoms with E-state index in [1.54, 1.807) is 6.20 Å². The molecule has 2 aromatic heterocycles. The first-order chi connectivity index (χ1) is 8.55. The lowest BCUT2D eigenvalue weighted by molar-refractivity contribution is -0.0221. The summed E-state index contributed by atoms with van der Waals surface area (Å²) in [6, 6.07) is 1.84. The Balaban J connectivity index is 1.87. The zero-order valence-corrected chi connectivity index (χ0v) is 11.6. The Labute approximate surface area is 116 Å². The molecule has 1 saturated heterocycles. The van der Waals surface area contributed by atoms with E-state index in [1.165, 1.54) is 0 Å². The van der Waals surface area contributed by atoms with E-state index in [0.717, 1.165) is 20.4 Å². The summed E-state index contributed by atoms with van der Waals surface area (Å²) in [5.41, 5.74) is 0.821. The third-order valence-electron chi connectivity index (χ3n) is 3.20. The first-order valence-electron chi connectivity index (χ1n) is 5.68. The van der Waals surface area contributed by atoms with E-state index < -0.39 is 5.92 Å². The molecule has 2 aromatic rings. The number of halogens is 3. The van der Waals surface area contributed by atoms with Gasteiger partial charge in [0, 0.05) is 38.2 Å². The van der Waals surface area contributed by atoms with Gasteiger partial charge in [0.2, 0.25) is 0 Å². The van der Waals surface area contributed by atoms with E-state index in [-0.39, 0.29) is 12.8 Å². The third kappa shape index (κ3) is 2.15. The van der Waals surface area contributed by atoms with Crippen molar-refractivity contribution in [1.29, 1.82) is 0 Å². The topological polar surface area (TPSA) is 44.8 Å². The average Bonchev–Trinajstić information content (AvgIpc) is 2.71. The Hall–Kier alpha value is -0.990. The van der Waals surface area contributed by atoms with Crippen LogP contribution in [-0.2, 0) is 0 Å². The van der Waals surface area contributed by atoms with Crippen LogP contribution in [0, 0.1) is 3.70 Å². The molecule has 1 aliphatic heterocycles. The van der Waals surface area contributed by atoms with Crippen molar-refractivity contribution in [1.82, 2.24) is 15.2 Å². The van der Waals surface area contributed by atoms with Crippen LogP contribution in [0.4, 0.5) is 14.6 Å². The Bertz CT molecular complexity index is 573. The van der Waals surface area contributed by atoms with E-state index >= 15 is 0 Å². The molecule has 0 radical (unpaired) electrons. The summed E-state index contributed by atoms with van der Waals surface area (Å²) in [4.78, 5) is 6.21. The van der Waals surface area contributed by atoms with E-state index in [1.807, 2.05) is 11.0 Å². The molecule has 0 spiro atoms. The number of aromatic nitrogens is 3. The van der Waals surface area contributed by atoms with Gasteiger partial charge in [0.1, 0.15) is 9.52 Å². The molecule has 0 aliphatic carbocycles. The van der Waals surface area contributed by atoms with Gasteiger partial charge in [0.15, 0.2) is 0 Å². The minimum Gasteiger partial charge on any atom is -0.356 e. The second-order valence-electron chi connectivity index (χ2n) is 4.44. The Morgan fingerprint density at radius 2 is 2.06 bits per heavy atom. The number of hydrogen-bond acceptors (Lipinski definition) is 3. The molecule has 0 saturated carbocycles. The first-order valence-corrected chi connectivity index (χ1v) is 6.75. The molecule has 0 atom stereocenters. The number of H-pyrrole nitrogens is 1. The number of nitrogens with zero attached hydrogens (tertiary/aromatic N) is 3. The van der Waals surface area contributed by atoms with Gasteiger partial charge >= 0.3 is 0 Å². The van der Waals surface area contributed by atoms with Crippen LogP contribution in [0.1, 0.15) is 12.8 Å². The molecule has 4 nitrogen and oxygen atoms in total. The summed E-state index contributed by atoms with van der Waals surface area (Å²) in [7, 11) is 0. The predicted molar refractivity (Wildman–Crippen MR) is 73.0 cm³/mol. The molecule has 3 heterocycles. The maximum atomic E-state index is 13.1. The molecule has 0 amide bonds. The van der Waals surface area contributed by atoms with Crippen molar-refractivity contribution in [2.24, 2.45) is 0 Å². The molecule has 0 aromatic carbocycles. The van der Waals surface area contributed by atoms with Crippen LogP contribution in [0.5, 0.6) is 0 Å². The summed E-state index contributed by atoms with van der Waals surface area (Å²) in [5.74, 6) is -1.80. The summed E-state index contributed by atoms with van der Waals surface area (Å²) in [6.07, 6.45) is 1.53. The molecule has 0 bridgehead atoms. The fourth-order valence-corrected chi connectivity index (χ4v) is 2.64. The zero-order valence-electron chi connectivity index (χ0n) is 9.46. The number of hydrogen-bond donors (Lipinski definition) is 1. The Morgan fingerprint density at radius 3 is 2.78 bits per heavy atom. The first kappa shape index (κ1) is 12.1. The van der Waals surface area contributed by atoms with E-state index in [9.17, 15) is 8.78 Å². The van der Waals surface area contributed by atoms with Crippen LogP contribution >= 0.6 is 22.6 Å². The maximum absolute atomic E-state index is 13.1. The molecule has 0 unspecified atom stereocenters. The lowest BCUT2D eigenvalue weighted by atomic mass is 10.1. The quantitative estimate of drug-likeness (QED) is 0.792. The second-order valence-corrected chi connectivity index (χ2v) is 5.52. The standard InChI is InChI=1S/C11H11F2IN4/c12-11(13)1-3-18(4-2-11)9-5-8-7(6-15-9)10(14)17-16-8/h5-6H,1-4H2,(H,16,17). The van der Waals surface area contributed by atoms with Crippen molar-refractivity contribution in [3.8, 4) is 0 Å². The lowest BCUT2D eigenvalue weighted by Gasteiger charge is -2.32. The number of anilines is 1. The van der Waals surface area contributed by atoms with Gasteiger partial charge in [-0.1, -0.05) is 0 Å². The monoisotopic (exact) mass is 364 g/mol. The predicted octanol–water partition coefficient (Wildman–Crippen LogP) is 2.80. The molecule has 1 fully saturated rings. The molecule has 7 heteroatoms. The lowest BCUT2D eigenvalue weighted by Crippen LogP contribution is -2.39. The normalized spacial score (nSPS) is 19.4. The third-order valence-corrected chi connectivity index (χ3v) is 4.02. The maximum Gasteiger partial charge on any atom is 0.251 e. The zero-order chi connectivity index (χ0) is 12.8. The van der Waals surface area contributed by atoms with Crippen molar-refractivity contribution in [2.45, 2.75) is 18.8 Å². The van der Waals surface area contributed by atoms with Gasteiger partial charge in [-0.25, -0.2) is 13.8 Å². The van der Waals surface area contributed by atoms with Gasteiger partial charge < -0.3 is 4.90 Å². The number of pyridine rings is 1. The Kier molecular flexibility index (Phi) is 2.87. The fourth-order valence-electron chi connectivity index (χ4n) is 2.10. The summed E-state index contributed by atoms with van der Waals surface area (Å²) >= 11 is 2.15. The summed E-state index contributed by atoms with van der Waals surface area (Å²) in [6.45, 7) is 0.681. The van der Waals surface area contributed by atoms with Crippen LogP contribution in [0.15, 0.2) is 12.3 Å². The molecule has 18 heavy (non-hydrogen) atoms. The number of fused-ring (bicyclic) bond motifs is 1. The van der Waals surface area contributed by atoms with E-state index in [4.69, 9.17) is 0 Å². The molecule has 1 N–H and O–H groups in total. The average molecular weight is 364 g/mol. The van der Waals surface area contributed by atoms with Crippen LogP contribution in [0.3, 0.4) is 0 Å². The molecular formula is C11H11F2IN4. The van der Waals surface area contributed by atoms with Gasteiger partial charge in [-0.05, 0) is 22.6 Å². The van der Waals surface area contributed by atoms with Crippen molar-refractivity contribution >= 4 is 39.3 Å². The number of nitrogens with one attached hydrogen (secondary N) is 1. The number of rotatable bonds is 1. The highest BCUT2D eigenvalue weighted by molar-refractivity contribution is 14.1. The minimum absolute atomic E-state index is 0.106. The molecule has 3 rings (SSSR count). The van der Waals surface area contributed by atoms with Crippen LogP contribution < -0.4 is 4.90 Å². The largest absolute Gasteiger partial charge is 0.356 e. The van der Waals surface area contributed by atoms with E-state index in [2.05, 4.69) is 37.8 Å². The van der Waals surface area contributed by atoms with Gasteiger partial charge in [-0.2, -0.15) is 5.10 Å². The van der Waals surface area contributed by atoms with Crippen molar-refractivity contribution in [2.75, 3.05) is 18.0 Å². The number of aromatic amines is 1. The van der Waals surface area contributed by atoms with Crippen LogP contribution in [-0.4, -0.2) is 34.2 Å². The SMILES string of the molecule is FC1(F)CCN(c2cc3n[nH]c(I)c3cn2)CC1. The van der Waals surface area contributed by atoms with Gasteiger partial charge in [-0.15, -0.1) is 0 Å². The fraction of sp³-hybridized carbons (Fsp3) is 0.455. The van der Waals surface area contributed by atoms with Crippen molar-refractivity contribution < 1.29 is 8.78 Å². The molecular weight excluding hydrogens is 353 g/mol. The van der Waals surface area contributed by atoms with Gasteiger partial charge in [0.25, 0.3) is 5.92 Å². The number of alkyl halides is 2. The second kappa shape index (κ2) is 4.29. The highest BCUT2D eigenvalue weighted by Crippen LogP contribution is 2.30. The van der Waals surface area contributed by atoms with E-state index in [0.29, 0.717) is 13.1 Å².